The van der Waals surface area contributed by atoms with E-state index in [0.29, 0.717) is 42.7 Å². The predicted molar refractivity (Wildman–Crippen MR) is 127 cm³/mol. The van der Waals surface area contributed by atoms with E-state index >= 15 is 0 Å². The Balaban J connectivity index is 2.18. The molecule has 0 unspecified atom stereocenters. The lowest BCUT2D eigenvalue weighted by atomic mass is 9.97. The molecule has 1 saturated heterocycles. The molecule has 1 aliphatic heterocycles. The second kappa shape index (κ2) is 11.5. The molecule has 1 aliphatic rings. The molecule has 1 N–H and O–H groups in total. The fraction of sp³-hybridized carbons (Fsp3) is 0.417. The lowest BCUT2D eigenvalue weighted by Crippen LogP contribution is -2.45. The minimum Gasteiger partial charge on any atom is -0.480 e. The van der Waals surface area contributed by atoms with Crippen molar-refractivity contribution in [3.05, 3.63) is 52.6 Å². The number of nitrogens with zero attached hydrogens (tertiary/aromatic N) is 3. The van der Waals surface area contributed by atoms with Crippen molar-refractivity contribution in [2.75, 3.05) is 24.5 Å². The molecule has 1 amide bonds. The van der Waals surface area contributed by atoms with E-state index in [1.54, 1.807) is 6.92 Å². The number of nitriles is 1. The number of Topliss-reactive ketones (excluding diaryl/α,β-unsaturated/α-hetero) is 1. The van der Waals surface area contributed by atoms with Gasteiger partial charge < -0.3 is 10.1 Å². The van der Waals surface area contributed by atoms with E-state index in [1.165, 1.54) is 7.11 Å². The Morgan fingerprint density at radius 2 is 1.94 bits per heavy atom. The summed E-state index contributed by atoms with van der Waals surface area (Å²) in [6.45, 7) is 2.74. The van der Waals surface area contributed by atoms with E-state index in [1.807, 2.05) is 6.07 Å². The monoisotopic (exact) mass is 520 g/mol. The quantitative estimate of drug-likeness (QED) is 0.500. The number of hydrogen-bond donors (Lipinski definition) is 1. The Morgan fingerprint density at radius 3 is 2.53 bits per heavy atom. The van der Waals surface area contributed by atoms with Crippen molar-refractivity contribution in [2.24, 2.45) is 5.92 Å². The fourth-order valence-corrected chi connectivity index (χ4v) is 5.53. The first kappa shape index (κ1) is 27.2. The number of amides is 1. The smallest absolute Gasteiger partial charge is 0.247 e. The molecule has 0 radical (unpaired) electrons. The molecule has 3 rings (SSSR count). The maximum absolute atomic E-state index is 14.3. The minimum absolute atomic E-state index is 0.0177. The summed E-state index contributed by atoms with van der Waals surface area (Å²) in [6.07, 6.45) is 1.33. The summed E-state index contributed by atoms with van der Waals surface area (Å²) in [6, 6.07) is 5.38. The maximum atomic E-state index is 14.3. The summed E-state index contributed by atoms with van der Waals surface area (Å²) in [5, 5.41) is 12.9. The van der Waals surface area contributed by atoms with Crippen LogP contribution in [0.4, 0.5) is 14.6 Å². The number of piperidine rings is 1. The van der Waals surface area contributed by atoms with Crippen LogP contribution in [0.15, 0.2) is 24.3 Å². The van der Waals surface area contributed by atoms with Crippen LogP contribution in [0.25, 0.3) is 0 Å². The summed E-state index contributed by atoms with van der Waals surface area (Å²) in [4.78, 5) is 30.2. The zero-order valence-electron chi connectivity index (χ0n) is 19.9. The average Bonchev–Trinajstić information content (AvgIpc) is 2.85. The van der Waals surface area contributed by atoms with Crippen molar-refractivity contribution in [3.8, 4) is 11.9 Å². The number of anilines is 1. The van der Waals surface area contributed by atoms with Gasteiger partial charge in [-0.15, -0.1) is 0 Å². The Kier molecular flexibility index (Phi) is 8.70. The number of hydrogen-bond acceptors (Lipinski definition) is 8. The lowest BCUT2D eigenvalue weighted by Gasteiger charge is -2.29. The Hall–Kier alpha value is -3.43. The van der Waals surface area contributed by atoms with Gasteiger partial charge >= 0.3 is 0 Å². The van der Waals surface area contributed by atoms with E-state index in [9.17, 15) is 32.0 Å². The van der Waals surface area contributed by atoms with Crippen LogP contribution in [0.3, 0.4) is 0 Å². The highest BCUT2D eigenvalue weighted by molar-refractivity contribution is 7.92. The first-order valence-electron chi connectivity index (χ1n) is 11.4. The maximum Gasteiger partial charge on any atom is 0.247 e. The summed E-state index contributed by atoms with van der Waals surface area (Å²) in [5.74, 6) is -5.65. The van der Waals surface area contributed by atoms with Gasteiger partial charge in [0.2, 0.25) is 21.8 Å². The zero-order chi connectivity index (χ0) is 26.5. The fourth-order valence-electron chi connectivity index (χ4n) is 3.95. The van der Waals surface area contributed by atoms with Crippen LogP contribution in [-0.2, 0) is 20.6 Å². The van der Waals surface area contributed by atoms with E-state index < -0.39 is 45.1 Å². The highest BCUT2D eigenvalue weighted by Crippen LogP contribution is 2.32. The molecule has 9 nitrogen and oxygen atoms in total. The number of nitrogens with one attached hydrogen (secondary N) is 1. The van der Waals surface area contributed by atoms with Crippen LogP contribution >= 0.6 is 0 Å². The second-order valence-corrected chi connectivity index (χ2v) is 10.1. The van der Waals surface area contributed by atoms with E-state index in [4.69, 9.17) is 4.74 Å². The predicted octanol–water partition coefficient (Wildman–Crippen LogP) is 3.09. The van der Waals surface area contributed by atoms with Crippen LogP contribution in [-0.4, -0.2) is 45.3 Å². The van der Waals surface area contributed by atoms with E-state index in [2.05, 4.69) is 10.3 Å². The van der Waals surface area contributed by atoms with Crippen molar-refractivity contribution >= 4 is 27.5 Å². The number of methoxy groups -OCH3 is 1. The Morgan fingerprint density at radius 1 is 1.25 bits per heavy atom. The number of pyridine rings is 1. The van der Waals surface area contributed by atoms with Crippen molar-refractivity contribution < 1.29 is 31.5 Å². The van der Waals surface area contributed by atoms with Gasteiger partial charge in [-0.2, -0.15) is 14.6 Å². The number of carbonyl (C=O) groups excluding carboxylic acids is 2. The Labute approximate surface area is 208 Å². The van der Waals surface area contributed by atoms with Gasteiger partial charge in [-0.05, 0) is 44.5 Å². The number of ether oxygens (including phenoxy) is 1. The number of aromatic nitrogens is 1. The summed E-state index contributed by atoms with van der Waals surface area (Å²) >= 11 is 0. The van der Waals surface area contributed by atoms with Crippen LogP contribution < -0.4 is 14.4 Å². The number of halogens is 2. The van der Waals surface area contributed by atoms with Crippen LogP contribution in [0.2, 0.25) is 0 Å². The van der Waals surface area contributed by atoms with Crippen LogP contribution in [0.1, 0.15) is 54.1 Å². The number of rotatable bonds is 9. The van der Waals surface area contributed by atoms with Crippen molar-refractivity contribution in [1.29, 1.82) is 5.26 Å². The van der Waals surface area contributed by atoms with Gasteiger partial charge in [0.15, 0.2) is 11.6 Å². The van der Waals surface area contributed by atoms with Gasteiger partial charge in [0.1, 0.15) is 17.7 Å². The first-order chi connectivity index (χ1) is 17.1. The molecule has 0 spiro atoms. The largest absolute Gasteiger partial charge is 0.480 e. The molecular weight excluding hydrogens is 494 g/mol. The van der Waals surface area contributed by atoms with Crippen molar-refractivity contribution in [1.82, 2.24) is 10.3 Å². The topological polar surface area (TPSA) is 129 Å². The average molecular weight is 521 g/mol. The van der Waals surface area contributed by atoms with Gasteiger partial charge in [0.05, 0.1) is 24.0 Å². The van der Waals surface area contributed by atoms with Crippen LogP contribution in [0, 0.1) is 28.9 Å². The lowest BCUT2D eigenvalue weighted by molar-refractivity contribution is -0.121. The highest BCUT2D eigenvalue weighted by Gasteiger charge is 2.38. The summed E-state index contributed by atoms with van der Waals surface area (Å²) in [5.41, 5.74) is -0.712. The standard InChI is InChI=1S/C24H26F2N4O5S/c1-3-4-21(31)19-11-17(13-27)22(29-23(19)35-2)30(24(32)15-7-9-28-10-8-15)36(33,34)14-16-5-6-18(25)12-20(16)26/h5-6,11-12,15,28H,3-4,7-10,14H2,1-2H3. The second-order valence-electron chi connectivity index (χ2n) is 8.32. The number of carbonyl (C=O) groups is 2. The number of sulfonamides is 1. The molecule has 192 valence electrons. The van der Waals surface area contributed by atoms with Gasteiger partial charge in [-0.3, -0.25) is 9.59 Å². The molecule has 0 aliphatic carbocycles. The molecule has 2 heterocycles. The van der Waals surface area contributed by atoms with Crippen molar-refractivity contribution in [2.45, 2.75) is 38.4 Å². The van der Waals surface area contributed by atoms with Gasteiger partial charge in [-0.1, -0.05) is 13.0 Å². The first-order valence-corrected chi connectivity index (χ1v) is 13.0. The third-order valence-electron chi connectivity index (χ3n) is 5.77. The molecular formula is C24H26F2N4O5S. The third-order valence-corrected chi connectivity index (χ3v) is 7.36. The molecule has 0 atom stereocenters. The normalized spacial score (nSPS) is 14.2. The Bertz CT molecular complexity index is 1300. The summed E-state index contributed by atoms with van der Waals surface area (Å²) in [7, 11) is -3.44. The third kappa shape index (κ3) is 5.85. The van der Waals surface area contributed by atoms with E-state index in [-0.39, 0.29) is 34.8 Å². The minimum atomic E-state index is -4.67. The van der Waals surface area contributed by atoms with Gasteiger partial charge in [-0.25, -0.2) is 17.2 Å². The molecule has 2 aromatic rings. The molecule has 1 fully saturated rings. The molecule has 0 bridgehead atoms. The molecule has 0 saturated carbocycles. The number of benzene rings is 1. The SMILES string of the molecule is CCCC(=O)c1cc(C#N)c(N(C(=O)C2CCNCC2)S(=O)(=O)Cc2ccc(F)cc2F)nc1OC. The molecule has 36 heavy (non-hydrogen) atoms. The van der Waals surface area contributed by atoms with Gasteiger partial charge in [0, 0.05) is 24.0 Å². The molecule has 1 aromatic heterocycles. The van der Waals surface area contributed by atoms with Crippen LogP contribution in [0.5, 0.6) is 5.88 Å². The van der Waals surface area contributed by atoms with E-state index in [0.717, 1.165) is 18.2 Å². The molecule has 12 heteroatoms. The highest BCUT2D eigenvalue weighted by atomic mass is 32.2. The zero-order valence-corrected chi connectivity index (χ0v) is 20.7. The summed E-state index contributed by atoms with van der Waals surface area (Å²) < 4.78 is 60.5. The molecule has 1 aromatic carbocycles. The van der Waals surface area contributed by atoms with Gasteiger partial charge in [0.25, 0.3) is 0 Å². The van der Waals surface area contributed by atoms with Crippen molar-refractivity contribution in [3.63, 3.8) is 0 Å². The number of ketones is 1.